The summed E-state index contributed by atoms with van der Waals surface area (Å²) in [6.07, 6.45) is 9.55. The van der Waals surface area contributed by atoms with E-state index in [9.17, 15) is 4.79 Å². The molecule has 102 valence electrons. The Morgan fingerprint density at radius 2 is 1.94 bits per heavy atom. The van der Waals surface area contributed by atoms with Gasteiger partial charge in [0, 0.05) is 31.1 Å². The van der Waals surface area contributed by atoms with Gasteiger partial charge in [-0.15, -0.1) is 0 Å². The summed E-state index contributed by atoms with van der Waals surface area (Å²) in [6.45, 7) is 6.72. The van der Waals surface area contributed by atoms with Crippen LogP contribution in [0.15, 0.2) is 12.2 Å². The van der Waals surface area contributed by atoms with Crippen LogP contribution in [0.1, 0.15) is 46.0 Å². The van der Waals surface area contributed by atoms with Crippen molar-refractivity contribution in [1.82, 2.24) is 10.2 Å². The zero-order chi connectivity index (χ0) is 13.0. The van der Waals surface area contributed by atoms with E-state index in [4.69, 9.17) is 0 Å². The second-order valence-corrected chi connectivity index (χ2v) is 5.89. The van der Waals surface area contributed by atoms with E-state index in [0.29, 0.717) is 12.1 Å². The van der Waals surface area contributed by atoms with Crippen LogP contribution in [-0.2, 0) is 4.79 Å². The van der Waals surface area contributed by atoms with Crippen molar-refractivity contribution in [1.29, 1.82) is 0 Å². The minimum atomic E-state index is 0.220. The number of piperidine rings is 1. The van der Waals surface area contributed by atoms with Gasteiger partial charge in [-0.2, -0.15) is 0 Å². The van der Waals surface area contributed by atoms with Gasteiger partial charge in [-0.1, -0.05) is 12.2 Å². The lowest BCUT2D eigenvalue weighted by atomic mass is 9.93. The molecule has 1 fully saturated rings. The van der Waals surface area contributed by atoms with Crippen LogP contribution in [0.2, 0.25) is 0 Å². The van der Waals surface area contributed by atoms with E-state index in [2.05, 4.69) is 36.2 Å². The second kappa shape index (κ2) is 6.37. The summed E-state index contributed by atoms with van der Waals surface area (Å²) in [5.41, 5.74) is 0. The largest absolute Gasteiger partial charge is 0.353 e. The van der Waals surface area contributed by atoms with Gasteiger partial charge in [0.25, 0.3) is 0 Å². The summed E-state index contributed by atoms with van der Waals surface area (Å²) in [4.78, 5) is 14.6. The molecule has 0 aromatic rings. The Hall–Kier alpha value is -0.830. The van der Waals surface area contributed by atoms with Crippen LogP contribution < -0.4 is 5.32 Å². The topological polar surface area (TPSA) is 32.3 Å². The third-order valence-corrected chi connectivity index (χ3v) is 4.25. The summed E-state index contributed by atoms with van der Waals surface area (Å²) in [5.74, 6) is 0.500. The Morgan fingerprint density at radius 3 is 2.50 bits per heavy atom. The molecule has 3 heteroatoms. The molecule has 2 aliphatic rings. The Kier molecular flexibility index (Phi) is 4.81. The first-order chi connectivity index (χ1) is 8.66. The molecule has 1 unspecified atom stereocenters. The molecular formula is C15H26N2O. The van der Waals surface area contributed by atoms with Crippen molar-refractivity contribution in [2.24, 2.45) is 5.92 Å². The van der Waals surface area contributed by atoms with Crippen molar-refractivity contribution in [2.45, 2.75) is 58.0 Å². The average Bonchev–Trinajstić information content (AvgIpc) is 2.40. The van der Waals surface area contributed by atoms with Crippen LogP contribution in [0, 0.1) is 5.92 Å². The van der Waals surface area contributed by atoms with Gasteiger partial charge in [0.15, 0.2) is 0 Å². The van der Waals surface area contributed by atoms with Gasteiger partial charge in [-0.25, -0.2) is 0 Å². The van der Waals surface area contributed by atoms with Gasteiger partial charge < -0.3 is 10.2 Å². The minimum absolute atomic E-state index is 0.220. The maximum absolute atomic E-state index is 12.1. The van der Waals surface area contributed by atoms with Crippen molar-refractivity contribution in [3.63, 3.8) is 0 Å². The highest BCUT2D eigenvalue weighted by Crippen LogP contribution is 2.19. The highest BCUT2D eigenvalue weighted by molar-refractivity contribution is 5.79. The van der Waals surface area contributed by atoms with E-state index < -0.39 is 0 Å². The molecule has 1 saturated heterocycles. The molecule has 0 saturated carbocycles. The van der Waals surface area contributed by atoms with Gasteiger partial charge in [-0.05, 0) is 46.0 Å². The van der Waals surface area contributed by atoms with Crippen LogP contribution in [0.5, 0.6) is 0 Å². The molecule has 1 N–H and O–H groups in total. The van der Waals surface area contributed by atoms with Crippen LogP contribution in [-0.4, -0.2) is 36.0 Å². The first kappa shape index (κ1) is 13.6. The summed E-state index contributed by atoms with van der Waals surface area (Å²) < 4.78 is 0. The zero-order valence-corrected chi connectivity index (χ0v) is 11.7. The molecule has 2 rings (SSSR count). The van der Waals surface area contributed by atoms with Gasteiger partial charge >= 0.3 is 0 Å². The Morgan fingerprint density at radius 1 is 1.22 bits per heavy atom. The monoisotopic (exact) mass is 250 g/mol. The number of nitrogens with one attached hydrogen (secondary N) is 1. The van der Waals surface area contributed by atoms with Crippen LogP contribution >= 0.6 is 0 Å². The molecule has 3 nitrogen and oxygen atoms in total. The third-order valence-electron chi connectivity index (χ3n) is 4.25. The minimum Gasteiger partial charge on any atom is -0.353 e. The van der Waals surface area contributed by atoms with Crippen molar-refractivity contribution < 1.29 is 4.79 Å². The lowest BCUT2D eigenvalue weighted by Crippen LogP contribution is -2.48. The van der Waals surface area contributed by atoms with Crippen molar-refractivity contribution >= 4 is 5.91 Å². The van der Waals surface area contributed by atoms with E-state index in [-0.39, 0.29) is 11.8 Å². The fourth-order valence-electron chi connectivity index (χ4n) is 2.91. The number of amides is 1. The maximum atomic E-state index is 12.1. The molecule has 0 radical (unpaired) electrons. The zero-order valence-electron chi connectivity index (χ0n) is 11.7. The lowest BCUT2D eigenvalue weighted by molar-refractivity contribution is -0.126. The first-order valence-electron chi connectivity index (χ1n) is 7.36. The number of carbonyl (C=O) groups is 1. The summed E-state index contributed by atoms with van der Waals surface area (Å²) >= 11 is 0. The van der Waals surface area contributed by atoms with Crippen molar-refractivity contribution in [3.8, 4) is 0 Å². The molecule has 1 aliphatic heterocycles. The molecule has 1 atom stereocenters. The molecule has 0 spiro atoms. The summed E-state index contributed by atoms with van der Waals surface area (Å²) in [5, 5.41) is 3.25. The summed E-state index contributed by atoms with van der Waals surface area (Å²) in [6, 6.07) is 1.03. The molecule has 0 bridgehead atoms. The molecule has 1 aliphatic carbocycles. The van der Waals surface area contributed by atoms with Crippen LogP contribution in [0.25, 0.3) is 0 Å². The molecule has 1 heterocycles. The third kappa shape index (κ3) is 3.58. The Bertz CT molecular complexity index is 304. The maximum Gasteiger partial charge on any atom is 0.223 e. The first-order valence-corrected chi connectivity index (χ1v) is 7.36. The van der Waals surface area contributed by atoms with Gasteiger partial charge in [-0.3, -0.25) is 4.79 Å². The van der Waals surface area contributed by atoms with Gasteiger partial charge in [0.2, 0.25) is 5.91 Å². The molecule has 0 aromatic carbocycles. The fourth-order valence-corrected chi connectivity index (χ4v) is 2.91. The van der Waals surface area contributed by atoms with Gasteiger partial charge in [0.05, 0.1) is 0 Å². The van der Waals surface area contributed by atoms with E-state index in [1.54, 1.807) is 0 Å². The smallest absolute Gasteiger partial charge is 0.223 e. The number of hydrogen-bond donors (Lipinski definition) is 1. The fraction of sp³-hybridized carbons (Fsp3) is 0.800. The predicted octanol–water partition coefficient (Wildman–Crippen LogP) is 2.33. The van der Waals surface area contributed by atoms with Crippen molar-refractivity contribution in [2.75, 3.05) is 13.1 Å². The van der Waals surface area contributed by atoms with E-state index in [1.165, 1.54) is 0 Å². The lowest BCUT2D eigenvalue weighted by Gasteiger charge is -2.35. The quantitative estimate of drug-likeness (QED) is 0.780. The number of hydrogen-bond acceptors (Lipinski definition) is 2. The highest BCUT2D eigenvalue weighted by Gasteiger charge is 2.25. The molecule has 0 aromatic heterocycles. The SMILES string of the molecule is CC(C)N1CCC(NC(=O)C2CC=CCC2)CC1. The second-order valence-electron chi connectivity index (χ2n) is 5.89. The average molecular weight is 250 g/mol. The number of carbonyl (C=O) groups excluding carboxylic acids is 1. The summed E-state index contributed by atoms with van der Waals surface area (Å²) in [7, 11) is 0. The number of nitrogens with zero attached hydrogens (tertiary/aromatic N) is 1. The van der Waals surface area contributed by atoms with Crippen LogP contribution in [0.4, 0.5) is 0 Å². The van der Waals surface area contributed by atoms with Crippen molar-refractivity contribution in [3.05, 3.63) is 12.2 Å². The Labute approximate surface area is 111 Å². The number of rotatable bonds is 3. The number of allylic oxidation sites excluding steroid dienone is 2. The highest BCUT2D eigenvalue weighted by atomic mass is 16.1. The molecule has 1 amide bonds. The standard InChI is InChI=1S/C15H26N2O/c1-12(2)17-10-8-14(9-11-17)16-15(18)13-6-4-3-5-7-13/h3-4,12-14H,5-11H2,1-2H3,(H,16,18). The molecular weight excluding hydrogens is 224 g/mol. The van der Waals surface area contributed by atoms with E-state index >= 15 is 0 Å². The van der Waals surface area contributed by atoms with Gasteiger partial charge in [0.1, 0.15) is 0 Å². The van der Waals surface area contributed by atoms with Crippen LogP contribution in [0.3, 0.4) is 0 Å². The van der Waals surface area contributed by atoms with E-state index in [1.807, 2.05) is 0 Å². The number of likely N-dealkylation sites (tertiary alicyclic amines) is 1. The molecule has 18 heavy (non-hydrogen) atoms. The predicted molar refractivity (Wildman–Crippen MR) is 74.4 cm³/mol. The normalized spacial score (nSPS) is 26.5. The Balaban J connectivity index is 1.74. The van der Waals surface area contributed by atoms with E-state index in [0.717, 1.165) is 45.2 Å².